The van der Waals surface area contributed by atoms with Crippen LogP contribution in [0.1, 0.15) is 16.7 Å². The zero-order valence-corrected chi connectivity index (χ0v) is 18.1. The van der Waals surface area contributed by atoms with Crippen LogP contribution in [0.2, 0.25) is 20.1 Å². The lowest BCUT2D eigenvalue weighted by Crippen LogP contribution is -2.38. The molecular formula is C19H12Cl4O5S. The second kappa shape index (κ2) is 7.87. The minimum Gasteiger partial charge on any atom is -0.508 e. The summed E-state index contributed by atoms with van der Waals surface area (Å²) < 4.78 is 34.0. The van der Waals surface area contributed by atoms with Crippen LogP contribution in [-0.4, -0.2) is 23.2 Å². The van der Waals surface area contributed by atoms with Crippen LogP contribution < -0.4 is 0 Å². The van der Waals surface area contributed by atoms with Gasteiger partial charge >= 0.3 is 0 Å². The number of benzene rings is 3. The molecule has 29 heavy (non-hydrogen) atoms. The van der Waals surface area contributed by atoms with Crippen LogP contribution in [0.15, 0.2) is 54.6 Å². The number of hydrogen-bond donors (Lipinski definition) is 3. The van der Waals surface area contributed by atoms with Crippen LogP contribution in [0.4, 0.5) is 0 Å². The highest BCUT2D eigenvalue weighted by Crippen LogP contribution is 2.50. The van der Waals surface area contributed by atoms with Crippen molar-refractivity contribution < 1.29 is 23.2 Å². The van der Waals surface area contributed by atoms with Gasteiger partial charge in [0.05, 0.1) is 10.0 Å². The summed E-state index contributed by atoms with van der Waals surface area (Å²) in [5.41, 5.74) is -0.346. The van der Waals surface area contributed by atoms with Crippen molar-refractivity contribution in [2.75, 3.05) is 0 Å². The molecule has 0 aliphatic heterocycles. The van der Waals surface area contributed by atoms with E-state index in [2.05, 4.69) is 0 Å². The van der Waals surface area contributed by atoms with E-state index in [9.17, 15) is 23.2 Å². The quantitative estimate of drug-likeness (QED) is 0.311. The first-order valence-corrected chi connectivity index (χ1v) is 10.8. The number of aromatic hydroxyl groups is 2. The molecule has 3 rings (SSSR count). The van der Waals surface area contributed by atoms with Gasteiger partial charge in [-0.15, -0.1) is 0 Å². The maximum absolute atomic E-state index is 13.0. The number of rotatable bonds is 4. The molecule has 0 aliphatic carbocycles. The third-order valence-corrected chi connectivity index (χ3v) is 6.94. The Morgan fingerprint density at radius 3 is 1.97 bits per heavy atom. The topological polar surface area (TPSA) is 94.8 Å². The number of hydrogen-bond acceptors (Lipinski definition) is 4. The van der Waals surface area contributed by atoms with Crippen LogP contribution in [0.25, 0.3) is 0 Å². The van der Waals surface area contributed by atoms with Gasteiger partial charge in [0.15, 0.2) is 10.5 Å². The van der Waals surface area contributed by atoms with Crippen LogP contribution in [0.5, 0.6) is 11.5 Å². The van der Waals surface area contributed by atoms with Crippen molar-refractivity contribution in [3.8, 4) is 11.5 Å². The summed E-state index contributed by atoms with van der Waals surface area (Å²) in [5, 5.41) is 19.9. The minimum absolute atomic E-state index is 0.0632. The lowest BCUT2D eigenvalue weighted by atomic mass is 9.83. The van der Waals surface area contributed by atoms with Gasteiger partial charge in [0, 0.05) is 15.6 Å². The summed E-state index contributed by atoms with van der Waals surface area (Å²) in [6.07, 6.45) is 0. The Morgan fingerprint density at radius 2 is 1.41 bits per heavy atom. The maximum atomic E-state index is 13.0. The van der Waals surface area contributed by atoms with Gasteiger partial charge in [-0.2, -0.15) is 8.42 Å². The van der Waals surface area contributed by atoms with Gasteiger partial charge in [0.2, 0.25) is 0 Å². The molecule has 0 spiro atoms. The first-order chi connectivity index (χ1) is 13.5. The second-order valence-electron chi connectivity index (χ2n) is 6.12. The molecule has 0 radical (unpaired) electrons. The predicted molar refractivity (Wildman–Crippen MR) is 114 cm³/mol. The molecule has 0 saturated carbocycles. The van der Waals surface area contributed by atoms with E-state index in [0.717, 1.165) is 6.07 Å². The van der Waals surface area contributed by atoms with E-state index in [0.29, 0.717) is 0 Å². The number of phenolic OH excluding ortho intramolecular Hbond substituents is 2. The molecule has 152 valence electrons. The summed E-state index contributed by atoms with van der Waals surface area (Å²) in [6.45, 7) is 0. The van der Waals surface area contributed by atoms with Gasteiger partial charge in [-0.1, -0.05) is 64.6 Å². The summed E-state index contributed by atoms with van der Waals surface area (Å²) in [7, 11) is -5.06. The van der Waals surface area contributed by atoms with Crippen molar-refractivity contribution in [1.29, 1.82) is 0 Å². The molecule has 5 nitrogen and oxygen atoms in total. The maximum Gasteiger partial charge on any atom is 0.283 e. The van der Waals surface area contributed by atoms with E-state index in [1.807, 2.05) is 0 Å². The normalized spacial score (nSPS) is 13.8. The zero-order valence-electron chi connectivity index (χ0n) is 14.3. The Bertz CT molecular complexity index is 1190. The van der Waals surface area contributed by atoms with Gasteiger partial charge in [0.1, 0.15) is 5.75 Å². The molecule has 0 amide bonds. The molecule has 0 saturated heterocycles. The van der Waals surface area contributed by atoms with E-state index in [1.54, 1.807) is 0 Å². The summed E-state index contributed by atoms with van der Waals surface area (Å²) in [5.74, 6) is -0.843. The van der Waals surface area contributed by atoms with Crippen molar-refractivity contribution in [3.63, 3.8) is 0 Å². The van der Waals surface area contributed by atoms with Crippen LogP contribution in [0, 0.1) is 0 Å². The lowest BCUT2D eigenvalue weighted by Gasteiger charge is -2.33. The molecule has 0 aliphatic rings. The number of halogens is 4. The summed E-state index contributed by atoms with van der Waals surface area (Å²) in [6, 6.07) is 11.6. The lowest BCUT2D eigenvalue weighted by molar-refractivity contribution is 0.455. The molecule has 3 aromatic carbocycles. The van der Waals surface area contributed by atoms with Crippen LogP contribution >= 0.6 is 46.4 Å². The van der Waals surface area contributed by atoms with Crippen LogP contribution in [0.3, 0.4) is 0 Å². The smallest absolute Gasteiger partial charge is 0.283 e. The van der Waals surface area contributed by atoms with Crippen molar-refractivity contribution in [2.45, 2.75) is 4.75 Å². The third kappa shape index (κ3) is 3.77. The van der Waals surface area contributed by atoms with E-state index >= 15 is 0 Å². The molecule has 0 heterocycles. The molecule has 0 aromatic heterocycles. The van der Waals surface area contributed by atoms with Crippen molar-refractivity contribution in [3.05, 3.63) is 91.4 Å². The second-order valence-corrected chi connectivity index (χ2v) is 9.34. The largest absolute Gasteiger partial charge is 0.508 e. The summed E-state index contributed by atoms with van der Waals surface area (Å²) >= 11 is 24.3. The highest BCUT2D eigenvalue weighted by Gasteiger charge is 2.50. The van der Waals surface area contributed by atoms with E-state index in [1.165, 1.54) is 48.5 Å². The Balaban J connectivity index is 2.61. The van der Waals surface area contributed by atoms with E-state index in [4.69, 9.17) is 46.4 Å². The highest BCUT2D eigenvalue weighted by atomic mass is 35.5. The van der Waals surface area contributed by atoms with E-state index < -0.39 is 25.6 Å². The molecule has 0 fully saturated rings. The van der Waals surface area contributed by atoms with Gasteiger partial charge in [-0.3, -0.25) is 4.55 Å². The Hall–Kier alpha value is -1.67. The average molecular weight is 494 g/mol. The van der Waals surface area contributed by atoms with Crippen molar-refractivity contribution >= 4 is 56.5 Å². The van der Waals surface area contributed by atoms with Crippen LogP contribution in [-0.2, 0) is 14.9 Å². The van der Waals surface area contributed by atoms with E-state index in [-0.39, 0.29) is 37.5 Å². The van der Waals surface area contributed by atoms with Gasteiger partial charge in [-0.05, 0) is 47.5 Å². The molecule has 1 unspecified atom stereocenters. The molecular weight excluding hydrogens is 482 g/mol. The third-order valence-electron chi connectivity index (χ3n) is 4.35. The zero-order chi connectivity index (χ0) is 21.6. The standard InChI is InChI=1S/C19H12Cl4O5S/c20-12-6-11(7-13(21)9-12)19(29(26,27)28,10-2-1-3-14(24)8-10)15-4-5-16(22)18(25)17(15)23/h1-9,24-25H,(H,26,27,28). The SMILES string of the molecule is O=S(=O)(O)C(c1cccc(O)c1)(c1cc(Cl)cc(Cl)c1)c1ccc(Cl)c(O)c1Cl. The molecule has 10 heteroatoms. The monoisotopic (exact) mass is 492 g/mol. The van der Waals surface area contributed by atoms with Crippen molar-refractivity contribution in [1.82, 2.24) is 0 Å². The fourth-order valence-corrected chi connectivity index (χ4v) is 5.59. The summed E-state index contributed by atoms with van der Waals surface area (Å²) in [4.78, 5) is 0. The first kappa shape index (κ1) is 22.0. The van der Waals surface area contributed by atoms with Gasteiger partial charge in [-0.25, -0.2) is 0 Å². The molecule has 3 N–H and O–H groups in total. The van der Waals surface area contributed by atoms with Crippen molar-refractivity contribution in [2.24, 2.45) is 0 Å². The average Bonchev–Trinajstić information content (AvgIpc) is 2.60. The Kier molecular flexibility index (Phi) is 5.98. The fraction of sp³-hybridized carbons (Fsp3) is 0.0526. The van der Waals surface area contributed by atoms with Gasteiger partial charge in [0.25, 0.3) is 10.1 Å². The molecule has 0 bridgehead atoms. The first-order valence-electron chi connectivity index (χ1n) is 7.89. The predicted octanol–water partition coefficient (Wildman–Crippen LogP) is 5.89. The molecule has 3 aromatic rings. The fourth-order valence-electron chi connectivity index (χ4n) is 3.21. The number of phenols is 2. The Labute approximate surface area is 186 Å². The minimum atomic E-state index is -5.06. The Morgan fingerprint density at radius 1 is 0.793 bits per heavy atom. The molecule has 1 atom stereocenters. The van der Waals surface area contributed by atoms with Gasteiger partial charge < -0.3 is 10.2 Å². The highest BCUT2D eigenvalue weighted by molar-refractivity contribution is 7.87.